The normalized spacial score (nSPS) is 14.0. The summed E-state index contributed by atoms with van der Waals surface area (Å²) >= 11 is 3.38. The van der Waals surface area contributed by atoms with Crippen LogP contribution >= 0.6 is 15.9 Å². The first-order valence-corrected chi connectivity index (χ1v) is 13.1. The summed E-state index contributed by atoms with van der Waals surface area (Å²) in [6.07, 6.45) is 1.28. The second kappa shape index (κ2) is 13.1. The van der Waals surface area contributed by atoms with Crippen molar-refractivity contribution in [2.75, 3.05) is 30.5 Å². The molecule has 0 spiro atoms. The second-order valence-corrected chi connectivity index (χ2v) is 9.46. The lowest BCUT2D eigenvalue weighted by Gasteiger charge is -2.26. The summed E-state index contributed by atoms with van der Waals surface area (Å²) < 4.78 is 29.5. The van der Waals surface area contributed by atoms with Gasteiger partial charge in [0.2, 0.25) is 0 Å². The summed E-state index contributed by atoms with van der Waals surface area (Å²) in [6, 6.07) is 12.8. The zero-order valence-electron chi connectivity index (χ0n) is 22.2. The molecule has 0 bridgehead atoms. The molecule has 3 aromatic rings. The molecule has 1 saturated heterocycles. The molecule has 0 saturated carbocycles. The molecule has 2 N–H and O–H groups in total. The number of ether oxygens (including phenoxy) is 3. The molecule has 5 amide bonds. The molecule has 0 aromatic heterocycles. The SMILES string of the molecule is CCOc1cc(/C=C2/C(=O)NC(=O)N(c3ccc(C(=O)OC)cc3)C2=O)cc(Br)c1OCC(=O)Nc1ccc(F)cc1. The Hall–Kier alpha value is -5.04. The Bertz CT molecular complexity index is 1590. The van der Waals surface area contributed by atoms with Crippen LogP contribution in [0.2, 0.25) is 0 Å². The number of anilines is 2. The Morgan fingerprint density at radius 1 is 1.02 bits per heavy atom. The molecular formula is C29H23BrFN3O8. The number of halogens is 2. The maximum absolute atomic E-state index is 13.3. The highest BCUT2D eigenvalue weighted by atomic mass is 79.9. The van der Waals surface area contributed by atoms with Crippen LogP contribution in [0.3, 0.4) is 0 Å². The van der Waals surface area contributed by atoms with Gasteiger partial charge in [-0.15, -0.1) is 0 Å². The number of benzene rings is 3. The lowest BCUT2D eigenvalue weighted by atomic mass is 10.1. The predicted molar refractivity (Wildman–Crippen MR) is 153 cm³/mol. The summed E-state index contributed by atoms with van der Waals surface area (Å²) in [7, 11) is 1.22. The van der Waals surface area contributed by atoms with E-state index in [9.17, 15) is 28.4 Å². The van der Waals surface area contributed by atoms with Gasteiger partial charge in [-0.1, -0.05) is 0 Å². The summed E-state index contributed by atoms with van der Waals surface area (Å²) in [6.45, 7) is 1.56. The summed E-state index contributed by atoms with van der Waals surface area (Å²) in [5.74, 6) is -2.93. The third-order valence-corrected chi connectivity index (χ3v) is 6.36. The average Bonchev–Trinajstić information content (AvgIpc) is 2.96. The molecule has 11 nitrogen and oxygen atoms in total. The van der Waals surface area contributed by atoms with Crippen LogP contribution in [0.1, 0.15) is 22.8 Å². The number of rotatable bonds is 9. The van der Waals surface area contributed by atoms with Gasteiger partial charge in [0.1, 0.15) is 11.4 Å². The Balaban J connectivity index is 1.57. The monoisotopic (exact) mass is 639 g/mol. The number of esters is 1. The molecule has 0 atom stereocenters. The van der Waals surface area contributed by atoms with E-state index in [-0.39, 0.29) is 34.9 Å². The van der Waals surface area contributed by atoms with Gasteiger partial charge >= 0.3 is 12.0 Å². The van der Waals surface area contributed by atoms with Gasteiger partial charge in [0.25, 0.3) is 17.7 Å². The lowest BCUT2D eigenvalue weighted by molar-refractivity contribution is -0.122. The molecule has 3 aromatic carbocycles. The van der Waals surface area contributed by atoms with Gasteiger partial charge in [-0.05, 0) is 95.2 Å². The van der Waals surface area contributed by atoms with Crippen molar-refractivity contribution in [1.82, 2.24) is 5.32 Å². The van der Waals surface area contributed by atoms with Crippen LogP contribution in [0.4, 0.5) is 20.6 Å². The molecule has 13 heteroatoms. The minimum Gasteiger partial charge on any atom is -0.490 e. The van der Waals surface area contributed by atoms with Crippen molar-refractivity contribution in [2.24, 2.45) is 0 Å². The number of barbiturate groups is 1. The van der Waals surface area contributed by atoms with Crippen LogP contribution in [0.25, 0.3) is 6.08 Å². The number of urea groups is 1. The molecule has 4 rings (SSSR count). The average molecular weight is 640 g/mol. The van der Waals surface area contributed by atoms with Gasteiger partial charge in [0.05, 0.1) is 29.4 Å². The van der Waals surface area contributed by atoms with Crippen LogP contribution in [-0.2, 0) is 19.1 Å². The first-order chi connectivity index (χ1) is 20.1. The van der Waals surface area contributed by atoms with E-state index >= 15 is 0 Å². The molecule has 0 aliphatic carbocycles. The number of carbonyl (C=O) groups is 5. The van der Waals surface area contributed by atoms with Gasteiger partial charge in [-0.2, -0.15) is 0 Å². The molecule has 1 heterocycles. The van der Waals surface area contributed by atoms with E-state index in [0.29, 0.717) is 15.7 Å². The van der Waals surface area contributed by atoms with Crippen LogP contribution in [0.15, 0.2) is 70.7 Å². The fourth-order valence-corrected chi connectivity index (χ4v) is 4.44. The minimum atomic E-state index is -0.952. The van der Waals surface area contributed by atoms with E-state index in [2.05, 4.69) is 31.3 Å². The topological polar surface area (TPSA) is 140 Å². The molecule has 0 unspecified atom stereocenters. The van der Waals surface area contributed by atoms with Crippen molar-refractivity contribution in [1.29, 1.82) is 0 Å². The van der Waals surface area contributed by atoms with E-state index in [1.54, 1.807) is 6.92 Å². The van der Waals surface area contributed by atoms with Crippen molar-refractivity contribution in [3.05, 3.63) is 87.7 Å². The molecule has 0 radical (unpaired) electrons. The van der Waals surface area contributed by atoms with E-state index in [1.807, 2.05) is 0 Å². The third kappa shape index (κ3) is 6.81. The third-order valence-electron chi connectivity index (χ3n) is 5.77. The van der Waals surface area contributed by atoms with Crippen molar-refractivity contribution >= 4 is 63.1 Å². The van der Waals surface area contributed by atoms with Crippen LogP contribution in [0, 0.1) is 5.82 Å². The van der Waals surface area contributed by atoms with Crippen molar-refractivity contribution in [2.45, 2.75) is 6.92 Å². The number of nitrogens with one attached hydrogen (secondary N) is 2. The largest absolute Gasteiger partial charge is 0.490 e. The first kappa shape index (κ1) is 29.9. The number of imide groups is 2. The highest BCUT2D eigenvalue weighted by Gasteiger charge is 2.37. The lowest BCUT2D eigenvalue weighted by Crippen LogP contribution is -2.54. The van der Waals surface area contributed by atoms with Gasteiger partial charge in [-0.25, -0.2) is 18.9 Å². The van der Waals surface area contributed by atoms with Crippen LogP contribution in [0.5, 0.6) is 11.5 Å². The zero-order chi connectivity index (χ0) is 30.4. The standard InChI is InChI=1S/C29H23BrFN3O8/c1-3-41-23-14-16(13-22(30)25(23)42-15-24(35)32-19-8-6-18(31)7-9-19)12-21-26(36)33-29(39)34(27(21)37)20-10-4-17(5-11-20)28(38)40-2/h4-14H,3,15H2,1-2H3,(H,32,35)(H,33,36,39)/b21-12-. The van der Waals surface area contributed by atoms with Gasteiger partial charge in [0, 0.05) is 5.69 Å². The predicted octanol–water partition coefficient (Wildman–Crippen LogP) is 4.46. The number of hydrogen-bond acceptors (Lipinski definition) is 8. The fraction of sp³-hybridized carbons (Fsp3) is 0.138. The zero-order valence-corrected chi connectivity index (χ0v) is 23.8. The summed E-state index contributed by atoms with van der Waals surface area (Å²) in [4.78, 5) is 63.3. The highest BCUT2D eigenvalue weighted by Crippen LogP contribution is 2.38. The molecule has 42 heavy (non-hydrogen) atoms. The number of amides is 5. The highest BCUT2D eigenvalue weighted by molar-refractivity contribution is 9.10. The number of carbonyl (C=O) groups excluding carboxylic acids is 5. The Morgan fingerprint density at radius 3 is 2.36 bits per heavy atom. The van der Waals surface area contributed by atoms with Crippen molar-refractivity contribution < 1.29 is 42.6 Å². The quantitative estimate of drug-likeness (QED) is 0.199. The maximum atomic E-state index is 13.3. The minimum absolute atomic E-state index is 0.127. The van der Waals surface area contributed by atoms with Crippen LogP contribution in [-0.4, -0.2) is 50.0 Å². The molecule has 1 aliphatic rings. The van der Waals surface area contributed by atoms with Crippen molar-refractivity contribution in [3.8, 4) is 11.5 Å². The molecule has 1 aliphatic heterocycles. The van der Waals surface area contributed by atoms with E-state index in [4.69, 9.17) is 9.47 Å². The Labute approximate surface area is 247 Å². The maximum Gasteiger partial charge on any atom is 0.337 e. The number of nitrogens with zero attached hydrogens (tertiary/aromatic N) is 1. The molecule has 216 valence electrons. The number of hydrogen-bond donors (Lipinski definition) is 2. The fourth-order valence-electron chi connectivity index (χ4n) is 3.87. The summed E-state index contributed by atoms with van der Waals surface area (Å²) in [5, 5.41) is 4.72. The Morgan fingerprint density at radius 2 is 1.71 bits per heavy atom. The molecular weight excluding hydrogens is 617 g/mol. The van der Waals surface area contributed by atoms with Crippen molar-refractivity contribution in [3.63, 3.8) is 0 Å². The van der Waals surface area contributed by atoms with E-state index in [0.717, 1.165) is 4.90 Å². The van der Waals surface area contributed by atoms with E-state index in [1.165, 1.54) is 73.8 Å². The Kier molecular flexibility index (Phi) is 9.32. The van der Waals surface area contributed by atoms with Crippen LogP contribution < -0.4 is 25.0 Å². The first-order valence-electron chi connectivity index (χ1n) is 12.4. The summed E-state index contributed by atoms with van der Waals surface area (Å²) in [5.41, 5.74) is 0.734. The van der Waals surface area contributed by atoms with Gasteiger partial charge in [-0.3, -0.25) is 19.7 Å². The number of methoxy groups -OCH3 is 1. The van der Waals surface area contributed by atoms with Gasteiger partial charge in [0.15, 0.2) is 18.1 Å². The molecule has 1 fully saturated rings. The smallest absolute Gasteiger partial charge is 0.337 e. The van der Waals surface area contributed by atoms with E-state index < -0.39 is 42.1 Å². The van der Waals surface area contributed by atoms with Gasteiger partial charge < -0.3 is 19.5 Å². The second-order valence-electron chi connectivity index (χ2n) is 8.60.